The second kappa shape index (κ2) is 7.97. The van der Waals surface area contributed by atoms with E-state index in [0.29, 0.717) is 0 Å². The molecule has 0 aliphatic carbocycles. The average Bonchev–Trinajstić information content (AvgIpc) is 2.72. The molecule has 0 atom stereocenters. The van der Waals surface area contributed by atoms with Gasteiger partial charge in [0.05, 0.1) is 23.4 Å². The number of rotatable bonds is 5. The lowest BCUT2D eigenvalue weighted by atomic mass is 10.1. The molecule has 4 nitrogen and oxygen atoms in total. The molecule has 3 aromatic carbocycles. The lowest BCUT2D eigenvalue weighted by Gasteiger charge is -2.25. The Morgan fingerprint density at radius 3 is 2.21 bits per heavy atom. The van der Waals surface area contributed by atoms with Crippen LogP contribution in [0.5, 0.6) is 0 Å². The first-order valence-corrected chi connectivity index (χ1v) is 9.90. The number of hydrogen-bond acceptors (Lipinski definition) is 3. The van der Waals surface area contributed by atoms with E-state index in [-0.39, 0.29) is 28.3 Å². The Bertz CT molecular complexity index is 1150. The lowest BCUT2D eigenvalue weighted by molar-refractivity contribution is -0.137. The summed E-state index contributed by atoms with van der Waals surface area (Å²) in [6, 6.07) is 20.1. The van der Waals surface area contributed by atoms with Crippen molar-refractivity contribution in [2.24, 2.45) is 0 Å². The summed E-state index contributed by atoms with van der Waals surface area (Å²) < 4.78 is 66.9. The molecule has 0 saturated heterocycles. The van der Waals surface area contributed by atoms with Gasteiger partial charge in [-0.25, -0.2) is 8.42 Å². The lowest BCUT2D eigenvalue weighted by Crippen LogP contribution is -2.31. The van der Waals surface area contributed by atoms with Crippen molar-refractivity contribution in [3.63, 3.8) is 0 Å². The fourth-order valence-electron chi connectivity index (χ4n) is 2.82. The van der Waals surface area contributed by atoms with Crippen LogP contribution in [-0.4, -0.2) is 8.42 Å². The molecule has 0 bridgehead atoms. The molecule has 8 heteroatoms. The summed E-state index contributed by atoms with van der Waals surface area (Å²) in [6.07, 6.45) is -4.54. The topological polar surface area (TPSA) is 61.2 Å². The number of halogens is 3. The second-order valence-electron chi connectivity index (χ2n) is 6.15. The van der Waals surface area contributed by atoms with Gasteiger partial charge in [0.15, 0.2) is 0 Å². The number of para-hydroxylation sites is 1. The minimum Gasteiger partial charge on any atom is -0.262 e. The Morgan fingerprint density at radius 1 is 0.897 bits per heavy atom. The van der Waals surface area contributed by atoms with Crippen molar-refractivity contribution < 1.29 is 21.6 Å². The van der Waals surface area contributed by atoms with Crippen LogP contribution in [0.1, 0.15) is 16.7 Å². The van der Waals surface area contributed by atoms with Gasteiger partial charge in [-0.05, 0) is 42.0 Å². The van der Waals surface area contributed by atoms with Gasteiger partial charge in [-0.1, -0.05) is 42.5 Å². The van der Waals surface area contributed by atoms with E-state index >= 15 is 0 Å². The molecule has 0 saturated carbocycles. The Hall–Kier alpha value is -3.31. The average molecular weight is 416 g/mol. The number of sulfonamides is 1. The zero-order valence-corrected chi connectivity index (χ0v) is 15.8. The molecular weight excluding hydrogens is 401 g/mol. The highest BCUT2D eigenvalue weighted by Gasteiger charge is 2.32. The zero-order chi connectivity index (χ0) is 21.1. The van der Waals surface area contributed by atoms with Gasteiger partial charge in [-0.2, -0.15) is 18.4 Å². The first kappa shape index (κ1) is 20.4. The minimum atomic E-state index is -4.54. The van der Waals surface area contributed by atoms with Crippen molar-refractivity contribution in [2.45, 2.75) is 17.6 Å². The molecule has 0 aliphatic rings. The maximum absolute atomic E-state index is 13.4. The summed E-state index contributed by atoms with van der Waals surface area (Å²) in [5, 5.41) is 9.29. The Morgan fingerprint density at radius 2 is 1.55 bits per heavy atom. The minimum absolute atomic E-state index is 0.0440. The predicted octanol–water partition coefficient (Wildman–Crippen LogP) is 4.97. The summed E-state index contributed by atoms with van der Waals surface area (Å²) in [7, 11) is -4.21. The van der Waals surface area contributed by atoms with Crippen LogP contribution in [0.4, 0.5) is 18.9 Å². The highest BCUT2D eigenvalue weighted by atomic mass is 32.2. The first-order valence-electron chi connectivity index (χ1n) is 8.46. The van der Waals surface area contributed by atoms with Crippen molar-refractivity contribution >= 4 is 15.7 Å². The van der Waals surface area contributed by atoms with Gasteiger partial charge < -0.3 is 0 Å². The number of alkyl halides is 3. The Kier molecular flexibility index (Phi) is 5.62. The van der Waals surface area contributed by atoms with Crippen LogP contribution in [-0.2, 0) is 22.7 Å². The van der Waals surface area contributed by atoms with Gasteiger partial charge in [0.1, 0.15) is 11.0 Å². The van der Waals surface area contributed by atoms with E-state index in [0.717, 1.165) is 16.4 Å². The number of hydrogen-bond donors (Lipinski definition) is 0. The molecule has 29 heavy (non-hydrogen) atoms. The zero-order valence-electron chi connectivity index (χ0n) is 15.0. The molecule has 0 amide bonds. The SMILES string of the molecule is N#Cc1ccccc1S(=O)(=O)N(Cc1cccc(C(F)(F)F)c1)c1ccccc1. The van der Waals surface area contributed by atoms with Crippen LogP contribution < -0.4 is 4.31 Å². The van der Waals surface area contributed by atoms with Crippen molar-refractivity contribution in [1.29, 1.82) is 5.26 Å². The van der Waals surface area contributed by atoms with Crippen molar-refractivity contribution in [2.75, 3.05) is 4.31 Å². The summed E-state index contributed by atoms with van der Waals surface area (Å²) in [5.41, 5.74) is -0.463. The number of nitriles is 1. The molecule has 0 heterocycles. The summed E-state index contributed by atoms with van der Waals surface area (Å²) in [5.74, 6) is 0. The third-order valence-electron chi connectivity index (χ3n) is 4.20. The summed E-state index contributed by atoms with van der Waals surface area (Å²) in [6.45, 7) is -0.323. The monoisotopic (exact) mass is 416 g/mol. The second-order valence-corrected chi connectivity index (χ2v) is 7.98. The maximum atomic E-state index is 13.4. The molecule has 148 valence electrons. The van der Waals surface area contributed by atoms with E-state index in [9.17, 15) is 26.9 Å². The first-order chi connectivity index (χ1) is 13.7. The number of nitrogens with zero attached hydrogens (tertiary/aromatic N) is 2. The molecule has 0 aliphatic heterocycles. The Labute approximate surface area is 166 Å². The van der Waals surface area contributed by atoms with E-state index < -0.39 is 21.8 Å². The van der Waals surface area contributed by atoms with Crippen LogP contribution in [0.15, 0.2) is 83.8 Å². The van der Waals surface area contributed by atoms with Gasteiger partial charge in [0.2, 0.25) is 0 Å². The highest BCUT2D eigenvalue weighted by Crippen LogP contribution is 2.31. The molecule has 3 rings (SSSR count). The fourth-order valence-corrected chi connectivity index (χ4v) is 4.42. The van der Waals surface area contributed by atoms with Crippen LogP contribution in [0.2, 0.25) is 0 Å². The van der Waals surface area contributed by atoms with Gasteiger partial charge in [0, 0.05) is 0 Å². The predicted molar refractivity (Wildman–Crippen MR) is 102 cm³/mol. The van der Waals surface area contributed by atoms with E-state index in [4.69, 9.17) is 0 Å². The van der Waals surface area contributed by atoms with Crippen molar-refractivity contribution in [3.8, 4) is 6.07 Å². The van der Waals surface area contributed by atoms with E-state index in [2.05, 4.69) is 0 Å². The Balaban J connectivity index is 2.11. The standard InChI is InChI=1S/C21H15F3N2O2S/c22-21(23,24)18-9-6-7-16(13-18)15-26(19-10-2-1-3-11-19)29(27,28)20-12-5-4-8-17(20)14-25/h1-13H,15H2. The molecule has 0 radical (unpaired) electrons. The highest BCUT2D eigenvalue weighted by molar-refractivity contribution is 7.92. The van der Waals surface area contributed by atoms with Gasteiger partial charge in [0.25, 0.3) is 10.0 Å². The van der Waals surface area contributed by atoms with Crippen molar-refractivity contribution in [1.82, 2.24) is 0 Å². The smallest absolute Gasteiger partial charge is 0.262 e. The maximum Gasteiger partial charge on any atom is 0.416 e. The molecular formula is C21H15F3N2O2S. The molecule has 0 spiro atoms. The largest absolute Gasteiger partial charge is 0.416 e. The van der Waals surface area contributed by atoms with E-state index in [1.165, 1.54) is 36.4 Å². The number of benzene rings is 3. The van der Waals surface area contributed by atoms with Gasteiger partial charge >= 0.3 is 6.18 Å². The molecule has 0 aromatic heterocycles. The van der Waals surface area contributed by atoms with E-state index in [1.54, 1.807) is 30.3 Å². The third-order valence-corrected chi connectivity index (χ3v) is 6.03. The van der Waals surface area contributed by atoms with Crippen molar-refractivity contribution in [3.05, 3.63) is 95.6 Å². The normalized spacial score (nSPS) is 11.7. The quantitative estimate of drug-likeness (QED) is 0.590. The van der Waals surface area contributed by atoms with Crippen LogP contribution in [0.25, 0.3) is 0 Å². The van der Waals surface area contributed by atoms with E-state index in [1.807, 2.05) is 6.07 Å². The molecule has 3 aromatic rings. The third kappa shape index (κ3) is 4.41. The molecule has 0 unspecified atom stereocenters. The fraction of sp³-hybridized carbons (Fsp3) is 0.0952. The van der Waals surface area contributed by atoms with Crippen LogP contribution >= 0.6 is 0 Å². The summed E-state index contributed by atoms with van der Waals surface area (Å²) in [4.78, 5) is -0.210. The van der Waals surface area contributed by atoms with Gasteiger partial charge in [-0.15, -0.1) is 0 Å². The number of anilines is 1. The van der Waals surface area contributed by atoms with Crippen LogP contribution in [0.3, 0.4) is 0 Å². The molecule has 0 fully saturated rings. The van der Waals surface area contributed by atoms with Gasteiger partial charge in [-0.3, -0.25) is 4.31 Å². The summed E-state index contributed by atoms with van der Waals surface area (Å²) >= 11 is 0. The van der Waals surface area contributed by atoms with Crippen LogP contribution in [0, 0.1) is 11.3 Å². The molecule has 0 N–H and O–H groups in total.